The Morgan fingerprint density at radius 2 is 2.23 bits per heavy atom. The molecule has 1 aromatic carbocycles. The molecular formula is C17H22F2N2O. The molecule has 3 nitrogen and oxygen atoms in total. The lowest BCUT2D eigenvalue weighted by Gasteiger charge is -2.22. The molecule has 0 bridgehead atoms. The van der Waals surface area contributed by atoms with Crippen molar-refractivity contribution in [3.63, 3.8) is 0 Å². The molecule has 2 N–H and O–H groups in total. The number of amides is 1. The van der Waals surface area contributed by atoms with Crippen LogP contribution in [0.15, 0.2) is 18.2 Å². The van der Waals surface area contributed by atoms with Crippen LogP contribution in [0, 0.1) is 23.5 Å². The lowest BCUT2D eigenvalue weighted by Crippen LogP contribution is -2.33. The van der Waals surface area contributed by atoms with Gasteiger partial charge < -0.3 is 10.6 Å². The van der Waals surface area contributed by atoms with Crippen molar-refractivity contribution in [3.8, 4) is 0 Å². The highest BCUT2D eigenvalue weighted by Crippen LogP contribution is 2.48. The molecule has 3 rings (SSSR count). The van der Waals surface area contributed by atoms with E-state index in [1.54, 1.807) is 6.07 Å². The fraction of sp³-hybridized carbons (Fsp3) is 0.588. The molecule has 1 saturated carbocycles. The predicted octanol–water partition coefficient (Wildman–Crippen LogP) is 2.57. The van der Waals surface area contributed by atoms with Crippen molar-refractivity contribution in [2.45, 2.75) is 31.6 Å². The van der Waals surface area contributed by atoms with Crippen molar-refractivity contribution in [2.24, 2.45) is 11.8 Å². The number of piperidine rings is 1. The highest BCUT2D eigenvalue weighted by atomic mass is 19.2. The number of hydrogen-bond donors (Lipinski definition) is 2. The van der Waals surface area contributed by atoms with Gasteiger partial charge in [-0.15, -0.1) is 0 Å². The van der Waals surface area contributed by atoms with E-state index in [9.17, 15) is 13.6 Å². The largest absolute Gasteiger partial charge is 0.356 e. The van der Waals surface area contributed by atoms with Gasteiger partial charge in [-0.3, -0.25) is 4.79 Å². The molecule has 0 radical (unpaired) electrons. The smallest absolute Gasteiger partial charge is 0.223 e. The van der Waals surface area contributed by atoms with E-state index in [0.717, 1.165) is 25.6 Å². The summed E-state index contributed by atoms with van der Waals surface area (Å²) in [7, 11) is 0. The lowest BCUT2D eigenvalue weighted by atomic mass is 9.96. The number of hydrogen-bond acceptors (Lipinski definition) is 2. The number of carbonyl (C=O) groups excluding carboxylic acids is 1. The van der Waals surface area contributed by atoms with Gasteiger partial charge in [-0.05, 0) is 62.2 Å². The Balaban J connectivity index is 1.45. The van der Waals surface area contributed by atoms with Gasteiger partial charge in [0, 0.05) is 12.5 Å². The van der Waals surface area contributed by atoms with Crippen molar-refractivity contribution in [3.05, 3.63) is 35.4 Å². The van der Waals surface area contributed by atoms with Gasteiger partial charge in [0.15, 0.2) is 11.6 Å². The van der Waals surface area contributed by atoms with Gasteiger partial charge in [-0.1, -0.05) is 12.1 Å². The summed E-state index contributed by atoms with van der Waals surface area (Å²) in [5.74, 6) is -1.43. The normalized spacial score (nSPS) is 27.5. The van der Waals surface area contributed by atoms with Crippen LogP contribution in [0.4, 0.5) is 8.78 Å². The summed E-state index contributed by atoms with van der Waals surface area (Å²) in [5, 5.41) is 6.30. The molecule has 120 valence electrons. The highest BCUT2D eigenvalue weighted by molar-refractivity contribution is 5.82. The summed E-state index contributed by atoms with van der Waals surface area (Å²) in [5.41, 5.74) is 0.330. The highest BCUT2D eigenvalue weighted by Gasteiger charge is 2.45. The van der Waals surface area contributed by atoms with Crippen LogP contribution in [0.3, 0.4) is 0 Å². The molecule has 1 aliphatic carbocycles. The molecule has 3 atom stereocenters. The van der Waals surface area contributed by atoms with E-state index in [0.29, 0.717) is 24.4 Å². The molecule has 1 heterocycles. The Hall–Kier alpha value is -1.49. The van der Waals surface area contributed by atoms with Crippen molar-refractivity contribution in [1.82, 2.24) is 10.6 Å². The second-order valence-electron chi connectivity index (χ2n) is 6.38. The van der Waals surface area contributed by atoms with Crippen molar-refractivity contribution >= 4 is 5.91 Å². The van der Waals surface area contributed by atoms with E-state index in [2.05, 4.69) is 10.6 Å². The SMILES string of the molecule is O=C(NCCC1CCCNC1)C1CC1c1cccc(F)c1F. The van der Waals surface area contributed by atoms with E-state index < -0.39 is 11.6 Å². The van der Waals surface area contributed by atoms with Crippen LogP contribution < -0.4 is 10.6 Å². The Kier molecular flexibility index (Phi) is 4.71. The molecule has 22 heavy (non-hydrogen) atoms. The molecule has 2 aliphatic rings. The van der Waals surface area contributed by atoms with Crippen LogP contribution in [-0.4, -0.2) is 25.5 Å². The third kappa shape index (κ3) is 3.46. The maximum Gasteiger partial charge on any atom is 0.223 e. The average Bonchev–Trinajstić information content (AvgIpc) is 3.31. The summed E-state index contributed by atoms with van der Waals surface area (Å²) >= 11 is 0. The Morgan fingerprint density at radius 3 is 3.00 bits per heavy atom. The fourth-order valence-electron chi connectivity index (χ4n) is 3.34. The van der Waals surface area contributed by atoms with E-state index in [-0.39, 0.29) is 17.7 Å². The fourth-order valence-corrected chi connectivity index (χ4v) is 3.34. The Labute approximate surface area is 129 Å². The molecule has 1 aliphatic heterocycles. The quantitative estimate of drug-likeness (QED) is 0.878. The first-order valence-electron chi connectivity index (χ1n) is 8.09. The van der Waals surface area contributed by atoms with Crippen LogP contribution in [0.1, 0.15) is 37.2 Å². The maximum absolute atomic E-state index is 13.7. The van der Waals surface area contributed by atoms with E-state index in [1.165, 1.54) is 18.9 Å². The third-order valence-corrected chi connectivity index (χ3v) is 4.76. The van der Waals surface area contributed by atoms with Gasteiger partial charge in [-0.25, -0.2) is 8.78 Å². The zero-order chi connectivity index (χ0) is 15.5. The topological polar surface area (TPSA) is 41.1 Å². The van der Waals surface area contributed by atoms with Gasteiger partial charge in [0.25, 0.3) is 0 Å². The van der Waals surface area contributed by atoms with Gasteiger partial charge in [0.05, 0.1) is 0 Å². The van der Waals surface area contributed by atoms with Crippen LogP contribution in [0.5, 0.6) is 0 Å². The van der Waals surface area contributed by atoms with Crippen molar-refractivity contribution in [1.29, 1.82) is 0 Å². The second-order valence-corrected chi connectivity index (χ2v) is 6.38. The number of halogens is 2. The average molecular weight is 308 g/mol. The summed E-state index contributed by atoms with van der Waals surface area (Å²) < 4.78 is 26.9. The standard InChI is InChI=1S/C17H22F2N2O/c18-15-5-1-4-12(16(15)19)13-9-14(13)17(22)21-8-6-11-3-2-7-20-10-11/h1,4-5,11,13-14,20H,2-3,6-10H2,(H,21,22). The van der Waals surface area contributed by atoms with E-state index >= 15 is 0 Å². The Bertz CT molecular complexity index is 543. The van der Waals surface area contributed by atoms with Gasteiger partial charge in [0.2, 0.25) is 5.91 Å². The van der Waals surface area contributed by atoms with Crippen LogP contribution in [-0.2, 0) is 4.79 Å². The molecular weight excluding hydrogens is 286 g/mol. The molecule has 1 saturated heterocycles. The minimum Gasteiger partial charge on any atom is -0.356 e. The predicted molar refractivity (Wildman–Crippen MR) is 80.4 cm³/mol. The van der Waals surface area contributed by atoms with Crippen LogP contribution >= 0.6 is 0 Å². The van der Waals surface area contributed by atoms with E-state index in [4.69, 9.17) is 0 Å². The first-order valence-corrected chi connectivity index (χ1v) is 8.09. The number of nitrogens with one attached hydrogen (secondary N) is 2. The number of carbonyl (C=O) groups is 1. The molecule has 2 fully saturated rings. The molecule has 0 spiro atoms. The summed E-state index contributed by atoms with van der Waals surface area (Å²) in [6.07, 6.45) is 3.99. The monoisotopic (exact) mass is 308 g/mol. The summed E-state index contributed by atoms with van der Waals surface area (Å²) in [4.78, 5) is 12.1. The zero-order valence-electron chi connectivity index (χ0n) is 12.6. The van der Waals surface area contributed by atoms with Gasteiger partial charge in [-0.2, -0.15) is 0 Å². The molecule has 3 unspecified atom stereocenters. The van der Waals surface area contributed by atoms with E-state index in [1.807, 2.05) is 0 Å². The van der Waals surface area contributed by atoms with Crippen molar-refractivity contribution < 1.29 is 13.6 Å². The molecule has 1 amide bonds. The molecule has 1 aromatic rings. The van der Waals surface area contributed by atoms with Gasteiger partial charge in [0.1, 0.15) is 0 Å². The first-order chi connectivity index (χ1) is 10.7. The maximum atomic E-state index is 13.7. The Morgan fingerprint density at radius 1 is 1.36 bits per heavy atom. The number of benzene rings is 1. The molecule has 5 heteroatoms. The third-order valence-electron chi connectivity index (χ3n) is 4.76. The minimum absolute atomic E-state index is 0.0302. The van der Waals surface area contributed by atoms with Crippen molar-refractivity contribution in [2.75, 3.05) is 19.6 Å². The van der Waals surface area contributed by atoms with Crippen LogP contribution in [0.2, 0.25) is 0 Å². The van der Waals surface area contributed by atoms with Crippen LogP contribution in [0.25, 0.3) is 0 Å². The second kappa shape index (κ2) is 6.73. The zero-order valence-corrected chi connectivity index (χ0v) is 12.6. The number of rotatable bonds is 5. The minimum atomic E-state index is -0.839. The first kappa shape index (κ1) is 15.4. The lowest BCUT2D eigenvalue weighted by molar-refractivity contribution is -0.122. The van der Waals surface area contributed by atoms with Gasteiger partial charge >= 0.3 is 0 Å². The molecule has 0 aromatic heterocycles. The summed E-state index contributed by atoms with van der Waals surface area (Å²) in [6.45, 7) is 2.78. The summed E-state index contributed by atoms with van der Waals surface area (Å²) in [6, 6.07) is 4.18.